The Labute approximate surface area is 210 Å². The summed E-state index contributed by atoms with van der Waals surface area (Å²) in [6, 6.07) is 12.0. The highest BCUT2D eigenvalue weighted by atomic mass is 16.5. The number of Topliss-reactive ketones (excluding diaryl/α,β-unsaturated/α-hetero) is 1. The molecule has 0 unspecified atom stereocenters. The number of nitrogens with zero attached hydrogens (tertiary/aromatic N) is 2. The van der Waals surface area contributed by atoms with E-state index in [0.717, 1.165) is 35.2 Å². The number of carbonyl (C=O) groups excluding carboxylic acids is 3. The second kappa shape index (κ2) is 8.59. The van der Waals surface area contributed by atoms with E-state index < -0.39 is 17.9 Å². The first-order chi connectivity index (χ1) is 17.4. The van der Waals surface area contributed by atoms with Gasteiger partial charge in [0.2, 0.25) is 11.8 Å². The summed E-state index contributed by atoms with van der Waals surface area (Å²) in [5.41, 5.74) is 4.57. The van der Waals surface area contributed by atoms with Crippen molar-refractivity contribution < 1.29 is 23.9 Å². The summed E-state index contributed by atoms with van der Waals surface area (Å²) in [6.45, 7) is 4.98. The molecule has 7 nitrogen and oxygen atoms in total. The Hall–Kier alpha value is -3.45. The second-order valence-electron chi connectivity index (χ2n) is 10.3. The molecule has 3 fully saturated rings. The van der Waals surface area contributed by atoms with Gasteiger partial charge in [-0.1, -0.05) is 29.8 Å². The molecule has 2 amide bonds. The van der Waals surface area contributed by atoms with Crippen LogP contribution in [0.4, 0.5) is 5.69 Å². The molecule has 7 heteroatoms. The van der Waals surface area contributed by atoms with Crippen LogP contribution < -0.4 is 9.64 Å². The molecule has 0 aliphatic carbocycles. The van der Waals surface area contributed by atoms with Gasteiger partial charge < -0.3 is 14.4 Å². The van der Waals surface area contributed by atoms with E-state index >= 15 is 0 Å². The first-order valence-electron chi connectivity index (χ1n) is 12.6. The fourth-order valence-corrected chi connectivity index (χ4v) is 6.44. The summed E-state index contributed by atoms with van der Waals surface area (Å²) < 4.78 is 11.1. The summed E-state index contributed by atoms with van der Waals surface area (Å²) in [5, 5.41) is 0. The Morgan fingerprint density at radius 3 is 2.64 bits per heavy atom. The normalized spacial score (nSPS) is 28.6. The lowest BCUT2D eigenvalue weighted by Gasteiger charge is -2.38. The lowest BCUT2D eigenvalue weighted by atomic mass is 9.85. The van der Waals surface area contributed by atoms with Crippen molar-refractivity contribution in [1.29, 1.82) is 0 Å². The van der Waals surface area contributed by atoms with Crippen LogP contribution >= 0.6 is 0 Å². The zero-order valence-corrected chi connectivity index (χ0v) is 20.8. The quantitative estimate of drug-likeness (QED) is 0.475. The van der Waals surface area contributed by atoms with Crippen molar-refractivity contribution >= 4 is 28.9 Å². The van der Waals surface area contributed by atoms with Gasteiger partial charge in [-0.2, -0.15) is 0 Å². The van der Waals surface area contributed by atoms with Crippen LogP contribution in [0, 0.1) is 18.8 Å². The maximum absolute atomic E-state index is 14.1. The van der Waals surface area contributed by atoms with E-state index in [1.54, 1.807) is 31.4 Å². The smallest absolute Gasteiger partial charge is 0.235 e. The predicted molar refractivity (Wildman–Crippen MR) is 135 cm³/mol. The molecule has 2 aromatic carbocycles. The Kier molecular flexibility index (Phi) is 5.48. The van der Waals surface area contributed by atoms with Crippen molar-refractivity contribution in [2.75, 3.05) is 25.2 Å². The monoisotopic (exact) mass is 486 g/mol. The summed E-state index contributed by atoms with van der Waals surface area (Å²) >= 11 is 0. The van der Waals surface area contributed by atoms with Crippen LogP contribution in [0.5, 0.6) is 5.75 Å². The highest BCUT2D eigenvalue weighted by molar-refractivity contribution is 6.14. The lowest BCUT2D eigenvalue weighted by Crippen LogP contribution is -2.50. The molecule has 0 spiro atoms. The standard InChI is InChI=1S/C29H30N2O5/c1-16-9-10-22-21(12-16)17(2)13-23-24-25(29(34)30(28(24)33)15-20-8-5-11-36-20)26(31(22)23)27(32)18-6-4-7-19(14-18)35-3/h4,6-7,9-10,12-14,20,23-26H,5,8,11,15H2,1-3H3/t20-,23+,24+,25-,26-/m0/s1. The molecule has 0 saturated carbocycles. The van der Waals surface area contributed by atoms with Gasteiger partial charge in [-0.3, -0.25) is 19.3 Å². The third-order valence-electron chi connectivity index (χ3n) is 8.13. The molecule has 4 heterocycles. The van der Waals surface area contributed by atoms with Crippen LogP contribution in [0.2, 0.25) is 0 Å². The molecule has 4 aliphatic rings. The molecule has 2 aromatic rings. The van der Waals surface area contributed by atoms with Crippen LogP contribution in [0.25, 0.3) is 5.57 Å². The zero-order valence-electron chi connectivity index (χ0n) is 20.8. The largest absolute Gasteiger partial charge is 0.497 e. The molecule has 3 saturated heterocycles. The maximum Gasteiger partial charge on any atom is 0.235 e. The number of fused-ring (bicyclic) bond motifs is 5. The van der Waals surface area contributed by atoms with E-state index in [9.17, 15) is 14.4 Å². The molecule has 0 aromatic heterocycles. The Bertz CT molecular complexity index is 1290. The van der Waals surface area contributed by atoms with Gasteiger partial charge in [-0.05, 0) is 56.5 Å². The molecule has 5 atom stereocenters. The number of imide groups is 1. The van der Waals surface area contributed by atoms with E-state index in [1.807, 2.05) is 30.9 Å². The number of methoxy groups -OCH3 is 1. The van der Waals surface area contributed by atoms with Crippen LogP contribution in [0.1, 0.15) is 41.3 Å². The molecular weight excluding hydrogens is 456 g/mol. The Morgan fingerprint density at radius 2 is 1.89 bits per heavy atom. The average molecular weight is 487 g/mol. The van der Waals surface area contributed by atoms with E-state index in [2.05, 4.69) is 12.1 Å². The minimum Gasteiger partial charge on any atom is -0.497 e. The van der Waals surface area contributed by atoms with Gasteiger partial charge in [-0.25, -0.2) is 0 Å². The van der Waals surface area contributed by atoms with Gasteiger partial charge in [0.05, 0.1) is 37.6 Å². The number of carbonyl (C=O) groups is 3. The van der Waals surface area contributed by atoms with E-state index in [1.165, 1.54) is 4.90 Å². The molecule has 36 heavy (non-hydrogen) atoms. The van der Waals surface area contributed by atoms with Crippen molar-refractivity contribution in [2.45, 2.75) is 44.9 Å². The summed E-state index contributed by atoms with van der Waals surface area (Å²) in [7, 11) is 1.56. The number of hydrogen-bond acceptors (Lipinski definition) is 6. The Balaban J connectivity index is 1.46. The van der Waals surface area contributed by atoms with E-state index in [4.69, 9.17) is 9.47 Å². The number of allylic oxidation sites excluding steroid dienone is 1. The SMILES string of the molecule is COc1cccc(C(=O)[C@@H]2[C@H]3C(=O)N(C[C@@H]4CCCO4)C(=O)[C@@H]3[C@H]3C=C(C)c4cc(C)ccc4N32)c1. The topological polar surface area (TPSA) is 76.1 Å². The van der Waals surface area contributed by atoms with Crippen molar-refractivity contribution in [3.05, 3.63) is 65.2 Å². The average Bonchev–Trinajstić information content (AvgIpc) is 3.57. The van der Waals surface area contributed by atoms with Crippen molar-refractivity contribution in [3.8, 4) is 5.75 Å². The fourth-order valence-electron chi connectivity index (χ4n) is 6.44. The van der Waals surface area contributed by atoms with Crippen LogP contribution in [0.3, 0.4) is 0 Å². The van der Waals surface area contributed by atoms with Gasteiger partial charge in [0, 0.05) is 23.4 Å². The van der Waals surface area contributed by atoms with E-state index in [-0.39, 0.29) is 36.3 Å². The molecule has 4 aliphatic heterocycles. The number of ether oxygens (including phenoxy) is 2. The number of likely N-dealkylation sites (tertiary alicyclic amines) is 1. The number of rotatable bonds is 5. The fraction of sp³-hybridized carbons (Fsp3) is 0.414. The highest BCUT2D eigenvalue weighted by Crippen LogP contribution is 2.50. The van der Waals surface area contributed by atoms with Gasteiger partial charge in [0.15, 0.2) is 5.78 Å². The molecule has 0 radical (unpaired) electrons. The number of amides is 2. The number of anilines is 1. The summed E-state index contributed by atoms with van der Waals surface area (Å²) in [5.74, 6) is -1.43. The van der Waals surface area contributed by atoms with E-state index in [0.29, 0.717) is 17.9 Å². The minimum atomic E-state index is -0.788. The van der Waals surface area contributed by atoms with Gasteiger partial charge in [-0.15, -0.1) is 0 Å². The van der Waals surface area contributed by atoms with Crippen molar-refractivity contribution in [2.24, 2.45) is 11.8 Å². The number of aryl methyl sites for hydroxylation is 1. The number of ketones is 1. The first kappa shape index (κ1) is 23.0. The number of hydrogen-bond donors (Lipinski definition) is 0. The third kappa shape index (κ3) is 3.40. The molecule has 0 N–H and O–H groups in total. The van der Waals surface area contributed by atoms with Gasteiger partial charge in [0.1, 0.15) is 11.8 Å². The molecule has 0 bridgehead atoms. The first-order valence-corrected chi connectivity index (χ1v) is 12.6. The maximum atomic E-state index is 14.1. The van der Waals surface area contributed by atoms with Gasteiger partial charge in [0.25, 0.3) is 0 Å². The summed E-state index contributed by atoms with van der Waals surface area (Å²) in [6.07, 6.45) is 3.70. The van der Waals surface area contributed by atoms with Crippen molar-refractivity contribution in [3.63, 3.8) is 0 Å². The molecule has 186 valence electrons. The van der Waals surface area contributed by atoms with Crippen LogP contribution in [0.15, 0.2) is 48.5 Å². The number of benzene rings is 2. The lowest BCUT2D eigenvalue weighted by molar-refractivity contribution is -0.142. The minimum absolute atomic E-state index is 0.132. The summed E-state index contributed by atoms with van der Waals surface area (Å²) in [4.78, 5) is 45.2. The van der Waals surface area contributed by atoms with Gasteiger partial charge >= 0.3 is 0 Å². The molecule has 6 rings (SSSR count). The van der Waals surface area contributed by atoms with Crippen LogP contribution in [-0.4, -0.2) is 60.9 Å². The van der Waals surface area contributed by atoms with Crippen molar-refractivity contribution in [1.82, 2.24) is 4.90 Å². The second-order valence-corrected chi connectivity index (χ2v) is 10.3. The predicted octanol–water partition coefficient (Wildman–Crippen LogP) is 3.64. The third-order valence-corrected chi connectivity index (χ3v) is 8.13. The zero-order chi connectivity index (χ0) is 25.1. The highest BCUT2D eigenvalue weighted by Gasteiger charge is 2.64. The Morgan fingerprint density at radius 1 is 1.08 bits per heavy atom. The molecular formula is C29H30N2O5. The van der Waals surface area contributed by atoms with Crippen LogP contribution in [-0.2, 0) is 14.3 Å².